The van der Waals surface area contributed by atoms with Gasteiger partial charge in [0.2, 0.25) is 0 Å². The number of hydrogen-bond acceptors (Lipinski definition) is 3. The monoisotopic (exact) mass is 198 g/mol. The van der Waals surface area contributed by atoms with Crippen LogP contribution < -0.4 is 5.32 Å². The van der Waals surface area contributed by atoms with Crippen LogP contribution in [0.4, 0.5) is 0 Å². The van der Waals surface area contributed by atoms with Crippen molar-refractivity contribution in [3.8, 4) is 0 Å². The van der Waals surface area contributed by atoms with E-state index >= 15 is 0 Å². The zero-order chi connectivity index (χ0) is 9.80. The van der Waals surface area contributed by atoms with E-state index in [1.807, 2.05) is 0 Å². The van der Waals surface area contributed by atoms with Crippen LogP contribution in [0.15, 0.2) is 0 Å². The molecule has 0 aromatic heterocycles. The maximum Gasteiger partial charge on any atom is 0.0667 e. The van der Waals surface area contributed by atoms with Crippen LogP contribution in [0.2, 0.25) is 0 Å². The van der Waals surface area contributed by atoms with Gasteiger partial charge in [0.1, 0.15) is 0 Å². The van der Waals surface area contributed by atoms with Gasteiger partial charge in [-0.3, -0.25) is 4.90 Å². The standard InChI is InChI=1S/C11H22N2O/c14-11-5-3-7-13(9-11)8-10-4-1-2-6-12-10/h10-12,14H,1-9H2/t10?,11-/m1/s1. The highest BCUT2D eigenvalue weighted by Gasteiger charge is 2.21. The number of aliphatic hydroxyl groups excluding tert-OH is 1. The highest BCUT2D eigenvalue weighted by Crippen LogP contribution is 2.13. The van der Waals surface area contributed by atoms with Gasteiger partial charge in [0.25, 0.3) is 0 Å². The quantitative estimate of drug-likeness (QED) is 0.681. The Morgan fingerprint density at radius 1 is 1.21 bits per heavy atom. The van der Waals surface area contributed by atoms with E-state index in [1.54, 1.807) is 0 Å². The Labute approximate surface area is 86.5 Å². The third-order valence-corrected chi connectivity index (χ3v) is 3.37. The van der Waals surface area contributed by atoms with Crippen LogP contribution in [-0.4, -0.2) is 48.3 Å². The molecule has 2 saturated heterocycles. The molecular formula is C11H22N2O. The predicted molar refractivity (Wildman–Crippen MR) is 57.3 cm³/mol. The second kappa shape index (κ2) is 5.10. The first kappa shape index (κ1) is 10.4. The van der Waals surface area contributed by atoms with Gasteiger partial charge >= 0.3 is 0 Å². The van der Waals surface area contributed by atoms with Crippen molar-refractivity contribution >= 4 is 0 Å². The molecule has 2 atom stereocenters. The van der Waals surface area contributed by atoms with Crippen LogP contribution in [-0.2, 0) is 0 Å². The van der Waals surface area contributed by atoms with Crippen LogP contribution in [0.5, 0.6) is 0 Å². The highest BCUT2D eigenvalue weighted by molar-refractivity contribution is 4.79. The average Bonchev–Trinajstić information content (AvgIpc) is 2.19. The molecule has 3 nitrogen and oxygen atoms in total. The number of nitrogens with zero attached hydrogens (tertiary/aromatic N) is 1. The summed E-state index contributed by atoms with van der Waals surface area (Å²) in [5.41, 5.74) is 0. The minimum absolute atomic E-state index is 0.0765. The Bertz CT molecular complexity index is 169. The van der Waals surface area contributed by atoms with E-state index in [1.165, 1.54) is 32.4 Å². The first-order valence-corrected chi connectivity index (χ1v) is 5.98. The van der Waals surface area contributed by atoms with Crippen molar-refractivity contribution in [3.63, 3.8) is 0 Å². The third-order valence-electron chi connectivity index (χ3n) is 3.37. The fourth-order valence-corrected chi connectivity index (χ4v) is 2.59. The molecule has 0 aromatic carbocycles. The van der Waals surface area contributed by atoms with Crippen molar-refractivity contribution in [2.45, 2.75) is 44.2 Å². The Morgan fingerprint density at radius 3 is 2.86 bits per heavy atom. The minimum atomic E-state index is -0.0765. The molecule has 0 radical (unpaired) electrons. The van der Waals surface area contributed by atoms with Gasteiger partial charge in [0.05, 0.1) is 6.10 Å². The lowest BCUT2D eigenvalue weighted by Crippen LogP contribution is -2.47. The topological polar surface area (TPSA) is 35.5 Å². The van der Waals surface area contributed by atoms with Crippen LogP contribution in [0.3, 0.4) is 0 Å². The van der Waals surface area contributed by atoms with Gasteiger partial charge < -0.3 is 10.4 Å². The highest BCUT2D eigenvalue weighted by atomic mass is 16.3. The summed E-state index contributed by atoms with van der Waals surface area (Å²) in [4.78, 5) is 2.41. The fourth-order valence-electron chi connectivity index (χ4n) is 2.59. The lowest BCUT2D eigenvalue weighted by molar-refractivity contribution is 0.0635. The van der Waals surface area contributed by atoms with Crippen LogP contribution in [0.1, 0.15) is 32.1 Å². The molecule has 0 amide bonds. The second-order valence-corrected chi connectivity index (χ2v) is 4.70. The van der Waals surface area contributed by atoms with Crippen molar-refractivity contribution in [3.05, 3.63) is 0 Å². The third kappa shape index (κ3) is 2.94. The Kier molecular flexibility index (Phi) is 3.79. The molecule has 0 saturated carbocycles. The summed E-state index contributed by atoms with van der Waals surface area (Å²) in [6, 6.07) is 0.675. The first-order chi connectivity index (χ1) is 6.84. The Hall–Kier alpha value is -0.120. The maximum atomic E-state index is 9.55. The van der Waals surface area contributed by atoms with Crippen molar-refractivity contribution in [1.29, 1.82) is 0 Å². The molecule has 2 rings (SSSR count). The van der Waals surface area contributed by atoms with E-state index in [4.69, 9.17) is 0 Å². The zero-order valence-corrected chi connectivity index (χ0v) is 8.91. The summed E-state index contributed by atoms with van der Waals surface area (Å²) in [6.45, 7) is 4.38. The van der Waals surface area contributed by atoms with Crippen molar-refractivity contribution in [2.75, 3.05) is 26.2 Å². The maximum absolute atomic E-state index is 9.55. The summed E-state index contributed by atoms with van der Waals surface area (Å²) in [6.07, 6.45) is 6.09. The number of nitrogens with one attached hydrogen (secondary N) is 1. The molecule has 2 N–H and O–H groups in total. The molecule has 2 fully saturated rings. The lowest BCUT2D eigenvalue weighted by atomic mass is 10.0. The van der Waals surface area contributed by atoms with Crippen LogP contribution in [0.25, 0.3) is 0 Å². The molecule has 0 bridgehead atoms. The molecule has 0 aliphatic carbocycles. The second-order valence-electron chi connectivity index (χ2n) is 4.70. The lowest BCUT2D eigenvalue weighted by Gasteiger charge is -2.34. The van der Waals surface area contributed by atoms with Crippen molar-refractivity contribution < 1.29 is 5.11 Å². The molecule has 0 spiro atoms. The zero-order valence-electron chi connectivity index (χ0n) is 8.91. The first-order valence-electron chi connectivity index (χ1n) is 5.98. The van der Waals surface area contributed by atoms with Gasteiger partial charge in [-0.2, -0.15) is 0 Å². The molecule has 2 aliphatic heterocycles. The molecule has 0 aromatic rings. The molecule has 14 heavy (non-hydrogen) atoms. The number of β-amino-alcohol motifs (C(OH)–C–C–N with tert-alkyl or cyclic N) is 1. The molecule has 2 heterocycles. The largest absolute Gasteiger partial charge is 0.392 e. The van der Waals surface area contributed by atoms with Gasteiger partial charge in [0.15, 0.2) is 0 Å². The van der Waals surface area contributed by atoms with E-state index in [9.17, 15) is 5.11 Å². The fraction of sp³-hybridized carbons (Fsp3) is 1.00. The smallest absolute Gasteiger partial charge is 0.0667 e. The Morgan fingerprint density at radius 2 is 2.14 bits per heavy atom. The minimum Gasteiger partial charge on any atom is -0.392 e. The number of aliphatic hydroxyl groups is 1. The summed E-state index contributed by atoms with van der Waals surface area (Å²) in [5.74, 6) is 0. The Balaban J connectivity index is 1.72. The van der Waals surface area contributed by atoms with Gasteiger partial charge in [-0.25, -0.2) is 0 Å². The molecule has 1 unspecified atom stereocenters. The number of likely N-dealkylation sites (tertiary alicyclic amines) is 1. The van der Waals surface area contributed by atoms with Crippen LogP contribution in [0, 0.1) is 0 Å². The molecular weight excluding hydrogens is 176 g/mol. The number of rotatable bonds is 2. The van der Waals surface area contributed by atoms with Gasteiger partial charge in [-0.05, 0) is 38.8 Å². The van der Waals surface area contributed by atoms with Gasteiger partial charge in [0, 0.05) is 19.1 Å². The summed E-state index contributed by atoms with van der Waals surface area (Å²) < 4.78 is 0. The number of piperidine rings is 2. The van der Waals surface area contributed by atoms with E-state index < -0.39 is 0 Å². The van der Waals surface area contributed by atoms with E-state index in [0.29, 0.717) is 6.04 Å². The van der Waals surface area contributed by atoms with Gasteiger partial charge in [-0.15, -0.1) is 0 Å². The van der Waals surface area contributed by atoms with Crippen LogP contribution >= 0.6 is 0 Å². The average molecular weight is 198 g/mol. The predicted octanol–water partition coefficient (Wildman–Crippen LogP) is 0.585. The van der Waals surface area contributed by atoms with Crippen molar-refractivity contribution in [1.82, 2.24) is 10.2 Å². The van der Waals surface area contributed by atoms with E-state index in [0.717, 1.165) is 25.9 Å². The summed E-state index contributed by atoms with van der Waals surface area (Å²) in [5, 5.41) is 13.1. The molecule has 82 valence electrons. The number of hydrogen-bond donors (Lipinski definition) is 2. The van der Waals surface area contributed by atoms with E-state index in [-0.39, 0.29) is 6.10 Å². The molecule has 3 heteroatoms. The SMILES string of the molecule is O[C@@H]1CCCN(CC2CCCCN2)C1. The van der Waals surface area contributed by atoms with Gasteiger partial charge in [-0.1, -0.05) is 6.42 Å². The van der Waals surface area contributed by atoms with E-state index in [2.05, 4.69) is 10.2 Å². The molecule has 2 aliphatic rings. The van der Waals surface area contributed by atoms with Crippen molar-refractivity contribution in [2.24, 2.45) is 0 Å². The normalized spacial score (nSPS) is 35.8. The summed E-state index contributed by atoms with van der Waals surface area (Å²) >= 11 is 0. The summed E-state index contributed by atoms with van der Waals surface area (Å²) in [7, 11) is 0.